The summed E-state index contributed by atoms with van der Waals surface area (Å²) < 4.78 is 40.6. The zero-order chi connectivity index (χ0) is 20.6. The summed E-state index contributed by atoms with van der Waals surface area (Å²) in [5, 5.41) is 2.42. The van der Waals surface area contributed by atoms with Gasteiger partial charge in [0.1, 0.15) is 5.52 Å². The lowest BCUT2D eigenvalue weighted by atomic mass is 10.1. The summed E-state index contributed by atoms with van der Waals surface area (Å²) in [7, 11) is 1.51. The van der Waals surface area contributed by atoms with Crippen LogP contribution in [0.15, 0.2) is 34.2 Å². The highest BCUT2D eigenvalue weighted by Crippen LogP contribution is 2.36. The predicted molar refractivity (Wildman–Crippen MR) is 102 cm³/mol. The number of aryl methyl sites for hydroxylation is 1. The van der Waals surface area contributed by atoms with E-state index in [4.69, 9.17) is 11.6 Å². The Morgan fingerprint density at radius 2 is 2.07 bits per heavy atom. The highest BCUT2D eigenvalue weighted by molar-refractivity contribution is 7.99. The number of fused-ring (bicyclic) bond motifs is 1. The number of aromatic nitrogens is 3. The molecule has 3 aromatic rings. The molecule has 2 N–H and O–H groups in total. The van der Waals surface area contributed by atoms with Gasteiger partial charge < -0.3 is 10.3 Å². The second-order valence-electron chi connectivity index (χ2n) is 6.00. The molecule has 0 unspecified atom stereocenters. The maximum absolute atomic E-state index is 13.1. The zero-order valence-corrected chi connectivity index (χ0v) is 16.2. The summed E-state index contributed by atoms with van der Waals surface area (Å²) in [5.74, 6) is -0.896. The van der Waals surface area contributed by atoms with E-state index in [-0.39, 0.29) is 27.2 Å². The number of alkyl halides is 3. The van der Waals surface area contributed by atoms with E-state index in [0.717, 1.165) is 29.6 Å². The summed E-state index contributed by atoms with van der Waals surface area (Å²) in [5.41, 5.74) is -0.153. The number of amides is 1. The molecule has 0 fully saturated rings. The van der Waals surface area contributed by atoms with Gasteiger partial charge in [-0.25, -0.2) is 4.98 Å². The Morgan fingerprint density at radius 3 is 2.75 bits per heavy atom. The van der Waals surface area contributed by atoms with Crippen LogP contribution in [0.5, 0.6) is 0 Å². The van der Waals surface area contributed by atoms with Gasteiger partial charge in [-0.05, 0) is 31.2 Å². The third-order valence-electron chi connectivity index (χ3n) is 3.85. The SMILES string of the molecule is Cc1cc2nc(SCC(=O)Nc3ccc(Cl)cc3C(F)(F)F)n(C)c(=O)c2[nH]1. The molecule has 2 heterocycles. The highest BCUT2D eigenvalue weighted by Gasteiger charge is 2.34. The maximum Gasteiger partial charge on any atom is 0.418 e. The molecule has 0 aliphatic rings. The lowest BCUT2D eigenvalue weighted by Gasteiger charge is -2.14. The van der Waals surface area contributed by atoms with Crippen LogP contribution in [0.4, 0.5) is 18.9 Å². The number of nitrogens with one attached hydrogen (secondary N) is 2. The number of nitrogens with zero attached hydrogens (tertiary/aromatic N) is 2. The van der Waals surface area contributed by atoms with Gasteiger partial charge in [0, 0.05) is 17.8 Å². The van der Waals surface area contributed by atoms with E-state index in [9.17, 15) is 22.8 Å². The molecule has 0 bridgehead atoms. The van der Waals surface area contributed by atoms with Crippen LogP contribution in [-0.4, -0.2) is 26.2 Å². The second-order valence-corrected chi connectivity index (χ2v) is 7.37. The van der Waals surface area contributed by atoms with Crippen molar-refractivity contribution >= 4 is 46.0 Å². The van der Waals surface area contributed by atoms with Crippen LogP contribution in [0.25, 0.3) is 11.0 Å². The standard InChI is InChI=1S/C17H14ClF3N4O2S/c1-8-5-12-14(22-8)15(27)25(2)16(24-12)28-7-13(26)23-11-4-3-9(18)6-10(11)17(19,20)21/h3-6,22H,7H2,1-2H3,(H,23,26). The molecule has 11 heteroatoms. The van der Waals surface area contributed by atoms with E-state index in [0.29, 0.717) is 11.0 Å². The van der Waals surface area contributed by atoms with Crippen molar-refractivity contribution in [1.82, 2.24) is 14.5 Å². The summed E-state index contributed by atoms with van der Waals surface area (Å²) in [6, 6.07) is 4.80. The average molecular weight is 431 g/mol. The normalized spacial score (nSPS) is 11.8. The highest BCUT2D eigenvalue weighted by atomic mass is 35.5. The number of H-pyrrole nitrogens is 1. The van der Waals surface area contributed by atoms with Gasteiger partial charge in [0.25, 0.3) is 5.56 Å². The number of hydrogen-bond acceptors (Lipinski definition) is 4. The van der Waals surface area contributed by atoms with Gasteiger partial charge in [-0.1, -0.05) is 23.4 Å². The number of benzene rings is 1. The van der Waals surface area contributed by atoms with Crippen molar-refractivity contribution < 1.29 is 18.0 Å². The molecule has 1 aromatic carbocycles. The fourth-order valence-corrected chi connectivity index (χ4v) is 3.51. The Labute approximate surface area is 166 Å². The van der Waals surface area contributed by atoms with Crippen molar-refractivity contribution in [3.63, 3.8) is 0 Å². The largest absolute Gasteiger partial charge is 0.418 e. The number of carbonyl (C=O) groups is 1. The van der Waals surface area contributed by atoms with Crippen molar-refractivity contribution in [1.29, 1.82) is 0 Å². The number of carbonyl (C=O) groups excluding carboxylic acids is 1. The third kappa shape index (κ3) is 4.17. The molecule has 0 aliphatic heterocycles. The topological polar surface area (TPSA) is 79.8 Å². The van der Waals surface area contributed by atoms with Crippen molar-refractivity contribution in [3.05, 3.63) is 50.9 Å². The molecule has 0 saturated heterocycles. The molecule has 1 amide bonds. The summed E-state index contributed by atoms with van der Waals surface area (Å²) in [6.07, 6.45) is -4.66. The maximum atomic E-state index is 13.1. The van der Waals surface area contributed by atoms with Gasteiger partial charge in [0.2, 0.25) is 5.91 Å². The molecule has 0 spiro atoms. The summed E-state index contributed by atoms with van der Waals surface area (Å²) >= 11 is 6.57. The Kier molecular flexibility index (Phi) is 5.44. The quantitative estimate of drug-likeness (QED) is 0.485. The minimum atomic E-state index is -4.66. The van der Waals surface area contributed by atoms with Gasteiger partial charge in [-0.15, -0.1) is 0 Å². The molecule has 0 saturated carbocycles. The molecule has 28 heavy (non-hydrogen) atoms. The van der Waals surface area contributed by atoms with Gasteiger partial charge in [0.15, 0.2) is 5.16 Å². The Morgan fingerprint density at radius 1 is 1.36 bits per heavy atom. The van der Waals surface area contributed by atoms with Gasteiger partial charge in [-0.2, -0.15) is 13.2 Å². The van der Waals surface area contributed by atoms with Gasteiger partial charge in [-0.3, -0.25) is 14.2 Å². The number of hydrogen-bond donors (Lipinski definition) is 2. The van der Waals surface area contributed by atoms with Crippen molar-refractivity contribution in [2.45, 2.75) is 18.3 Å². The smallest absolute Gasteiger partial charge is 0.353 e. The van der Waals surface area contributed by atoms with Crippen molar-refractivity contribution in [2.24, 2.45) is 7.05 Å². The van der Waals surface area contributed by atoms with Crippen LogP contribution in [0.3, 0.4) is 0 Å². The zero-order valence-electron chi connectivity index (χ0n) is 14.6. The number of halogens is 4. The molecule has 3 rings (SSSR count). The van der Waals surface area contributed by atoms with E-state index in [2.05, 4.69) is 15.3 Å². The molecule has 2 aromatic heterocycles. The van der Waals surface area contributed by atoms with E-state index in [1.165, 1.54) is 17.7 Å². The van der Waals surface area contributed by atoms with Crippen LogP contribution in [0.2, 0.25) is 5.02 Å². The average Bonchev–Trinajstić information content (AvgIpc) is 2.98. The Bertz CT molecular complexity index is 1120. The number of anilines is 1. The van der Waals surface area contributed by atoms with E-state index in [1.807, 2.05) is 0 Å². The molecule has 0 radical (unpaired) electrons. The van der Waals surface area contributed by atoms with Crippen LogP contribution < -0.4 is 10.9 Å². The fraction of sp³-hybridized carbons (Fsp3) is 0.235. The number of thioether (sulfide) groups is 1. The van der Waals surface area contributed by atoms with Gasteiger partial charge in [0.05, 0.1) is 22.5 Å². The molecule has 6 nitrogen and oxygen atoms in total. The fourth-order valence-electron chi connectivity index (χ4n) is 2.56. The first-order chi connectivity index (χ1) is 13.1. The molecule has 148 valence electrons. The second kappa shape index (κ2) is 7.51. The molecule has 0 aliphatic carbocycles. The monoisotopic (exact) mass is 430 g/mol. The molecular formula is C17H14ClF3N4O2S. The van der Waals surface area contributed by atoms with E-state index >= 15 is 0 Å². The van der Waals surface area contributed by atoms with Crippen molar-refractivity contribution in [3.8, 4) is 0 Å². The van der Waals surface area contributed by atoms with Crippen LogP contribution in [0.1, 0.15) is 11.3 Å². The number of aromatic amines is 1. The summed E-state index contributed by atoms with van der Waals surface area (Å²) in [4.78, 5) is 31.7. The lowest BCUT2D eigenvalue weighted by molar-refractivity contribution is -0.137. The lowest BCUT2D eigenvalue weighted by Crippen LogP contribution is -2.22. The molecular weight excluding hydrogens is 417 g/mol. The van der Waals surface area contributed by atoms with Crippen molar-refractivity contribution in [2.75, 3.05) is 11.1 Å². The van der Waals surface area contributed by atoms with Gasteiger partial charge >= 0.3 is 6.18 Å². The third-order valence-corrected chi connectivity index (χ3v) is 5.11. The minimum Gasteiger partial charge on any atom is -0.353 e. The van der Waals surface area contributed by atoms with Crippen LogP contribution in [0, 0.1) is 6.92 Å². The minimum absolute atomic E-state index is 0.0889. The first kappa shape index (κ1) is 20.3. The van der Waals surface area contributed by atoms with E-state index < -0.39 is 17.6 Å². The first-order valence-corrected chi connectivity index (χ1v) is 9.28. The van der Waals surface area contributed by atoms with E-state index in [1.54, 1.807) is 13.0 Å². The Balaban J connectivity index is 1.78. The Hall–Kier alpha value is -2.46. The van der Waals surface area contributed by atoms with Crippen LogP contribution >= 0.6 is 23.4 Å². The van der Waals surface area contributed by atoms with Crippen LogP contribution in [-0.2, 0) is 18.0 Å². The number of rotatable bonds is 4. The predicted octanol–water partition coefficient (Wildman–Crippen LogP) is 3.97. The molecule has 0 atom stereocenters. The summed E-state index contributed by atoms with van der Waals surface area (Å²) in [6.45, 7) is 1.78. The first-order valence-electron chi connectivity index (χ1n) is 7.92.